The lowest BCUT2D eigenvalue weighted by molar-refractivity contribution is -0.124. The molecule has 4 nitrogen and oxygen atoms in total. The monoisotopic (exact) mass is 440 g/mol. The highest BCUT2D eigenvalue weighted by molar-refractivity contribution is 8.01. The molecule has 0 aromatic heterocycles. The van der Waals surface area contributed by atoms with Gasteiger partial charge in [-0.05, 0) is 46.7 Å². The van der Waals surface area contributed by atoms with Gasteiger partial charge in [0, 0.05) is 29.7 Å². The number of para-hydroxylation sites is 1. The van der Waals surface area contributed by atoms with E-state index in [9.17, 15) is 9.59 Å². The minimum Gasteiger partial charge on any atom is -0.356 e. The second-order valence-electron chi connectivity index (χ2n) is 8.88. The number of benzene rings is 3. The summed E-state index contributed by atoms with van der Waals surface area (Å²) < 4.78 is 0. The lowest BCUT2D eigenvalue weighted by atomic mass is 9.59. The van der Waals surface area contributed by atoms with E-state index >= 15 is 0 Å². The molecule has 0 radical (unpaired) electrons. The molecule has 4 aliphatic rings. The molecule has 0 spiro atoms. The maximum absolute atomic E-state index is 12.8. The number of hydrogen-bond acceptors (Lipinski definition) is 3. The second-order valence-corrected chi connectivity index (χ2v) is 10.1. The highest BCUT2D eigenvalue weighted by Gasteiger charge is 2.43. The van der Waals surface area contributed by atoms with Crippen molar-refractivity contribution in [3.05, 3.63) is 95.1 Å². The van der Waals surface area contributed by atoms with Crippen LogP contribution in [0.15, 0.2) is 77.7 Å². The van der Waals surface area contributed by atoms with Gasteiger partial charge in [-0.25, -0.2) is 0 Å². The third-order valence-electron chi connectivity index (χ3n) is 7.06. The first-order chi connectivity index (χ1) is 15.7. The molecule has 0 saturated carbocycles. The Balaban J connectivity index is 1.16. The van der Waals surface area contributed by atoms with Crippen molar-refractivity contribution in [1.82, 2.24) is 5.32 Å². The minimum absolute atomic E-state index is 0.0555. The summed E-state index contributed by atoms with van der Waals surface area (Å²) in [5.74, 6) is 0.920. The molecule has 3 aromatic rings. The van der Waals surface area contributed by atoms with E-state index in [-0.39, 0.29) is 18.2 Å². The predicted molar refractivity (Wildman–Crippen MR) is 127 cm³/mol. The average Bonchev–Trinajstić information content (AvgIpc) is 2.83. The van der Waals surface area contributed by atoms with Crippen molar-refractivity contribution >= 4 is 29.3 Å². The topological polar surface area (TPSA) is 58.2 Å². The van der Waals surface area contributed by atoms with Gasteiger partial charge in [0.1, 0.15) is 0 Å². The van der Waals surface area contributed by atoms with E-state index in [4.69, 9.17) is 0 Å². The number of amides is 2. The zero-order valence-corrected chi connectivity index (χ0v) is 18.4. The molecule has 5 heteroatoms. The molecule has 1 aliphatic heterocycles. The van der Waals surface area contributed by atoms with Crippen LogP contribution in [-0.2, 0) is 9.59 Å². The van der Waals surface area contributed by atoms with Crippen molar-refractivity contribution in [2.45, 2.75) is 34.8 Å². The van der Waals surface area contributed by atoms with Gasteiger partial charge in [-0.1, -0.05) is 60.7 Å². The number of thioether (sulfide) groups is 1. The number of rotatable bonds is 4. The van der Waals surface area contributed by atoms with Gasteiger partial charge in [-0.15, -0.1) is 11.8 Å². The van der Waals surface area contributed by atoms with E-state index in [1.54, 1.807) is 0 Å². The highest BCUT2D eigenvalue weighted by atomic mass is 32.2. The number of carbonyl (C=O) groups excluding carboxylic acids is 2. The summed E-state index contributed by atoms with van der Waals surface area (Å²) in [4.78, 5) is 26.3. The van der Waals surface area contributed by atoms with Crippen LogP contribution in [0.2, 0.25) is 0 Å². The Morgan fingerprint density at radius 2 is 1.53 bits per heavy atom. The van der Waals surface area contributed by atoms with Gasteiger partial charge in [0.15, 0.2) is 0 Å². The third kappa shape index (κ3) is 3.23. The van der Waals surface area contributed by atoms with E-state index in [2.05, 4.69) is 59.2 Å². The summed E-state index contributed by atoms with van der Waals surface area (Å²) in [6.07, 6.45) is 1.24. The van der Waals surface area contributed by atoms with E-state index in [1.165, 1.54) is 34.0 Å². The van der Waals surface area contributed by atoms with Crippen molar-refractivity contribution < 1.29 is 9.59 Å². The third-order valence-corrected chi connectivity index (χ3v) is 8.34. The van der Waals surface area contributed by atoms with Crippen LogP contribution < -0.4 is 10.6 Å². The fourth-order valence-electron chi connectivity index (χ4n) is 5.67. The normalized spacial score (nSPS) is 24.7. The Bertz CT molecular complexity index is 1180. The molecule has 0 saturated heterocycles. The molecule has 3 aliphatic carbocycles. The second kappa shape index (κ2) is 7.82. The van der Waals surface area contributed by atoms with E-state index in [0.717, 1.165) is 17.0 Å². The molecule has 0 fully saturated rings. The Morgan fingerprint density at radius 3 is 2.25 bits per heavy atom. The van der Waals surface area contributed by atoms with Gasteiger partial charge in [0.2, 0.25) is 11.8 Å². The van der Waals surface area contributed by atoms with Gasteiger partial charge in [-0.2, -0.15) is 0 Å². The zero-order chi connectivity index (χ0) is 21.7. The summed E-state index contributed by atoms with van der Waals surface area (Å²) in [6.45, 7) is 0.637. The maximum atomic E-state index is 12.8. The van der Waals surface area contributed by atoms with E-state index in [0.29, 0.717) is 24.3 Å². The summed E-state index contributed by atoms with van der Waals surface area (Å²) in [7, 11) is 0. The lowest BCUT2D eigenvalue weighted by Crippen LogP contribution is -2.41. The van der Waals surface area contributed by atoms with Crippen LogP contribution in [0.4, 0.5) is 5.69 Å². The van der Waals surface area contributed by atoms with Crippen LogP contribution >= 0.6 is 11.8 Å². The largest absolute Gasteiger partial charge is 0.356 e. The van der Waals surface area contributed by atoms with Gasteiger partial charge < -0.3 is 10.6 Å². The number of hydrogen-bond donors (Lipinski definition) is 2. The van der Waals surface area contributed by atoms with Crippen LogP contribution in [0.5, 0.6) is 0 Å². The standard InChI is InChI=1S/C27H24N2O2S/c30-25(14-24-27(31)29-22-11-5-6-12-23(22)32-24)28-15-16-13-21-17-7-1-3-9-19(17)26(16)20-10-4-2-8-18(20)21/h1-12,16,21,24,26H,13-15H2,(H,28,30)(H,29,31)/t16-,21?,24-,26?/m0/s1. The van der Waals surface area contributed by atoms with Crippen molar-refractivity contribution in [2.75, 3.05) is 11.9 Å². The fourth-order valence-corrected chi connectivity index (χ4v) is 6.78. The maximum Gasteiger partial charge on any atom is 0.238 e. The number of fused-ring (bicyclic) bond motifs is 2. The van der Waals surface area contributed by atoms with Gasteiger partial charge in [0.25, 0.3) is 0 Å². The summed E-state index contributed by atoms with van der Waals surface area (Å²) >= 11 is 1.48. The van der Waals surface area contributed by atoms with E-state index in [1.807, 2.05) is 24.3 Å². The van der Waals surface area contributed by atoms with E-state index < -0.39 is 5.25 Å². The molecule has 1 heterocycles. The first-order valence-electron chi connectivity index (χ1n) is 11.2. The summed E-state index contributed by atoms with van der Waals surface area (Å²) in [5, 5.41) is 5.69. The fraction of sp³-hybridized carbons (Fsp3) is 0.259. The Morgan fingerprint density at radius 1 is 0.906 bits per heavy atom. The van der Waals surface area contributed by atoms with Crippen molar-refractivity contribution in [3.8, 4) is 0 Å². The first-order valence-corrected chi connectivity index (χ1v) is 12.1. The first kappa shape index (κ1) is 19.6. The zero-order valence-electron chi connectivity index (χ0n) is 17.6. The minimum atomic E-state index is -0.394. The van der Waals surface area contributed by atoms with Crippen LogP contribution in [0.3, 0.4) is 0 Å². The molecule has 2 bridgehead atoms. The Hall–Kier alpha value is -3.05. The van der Waals surface area contributed by atoms with Crippen molar-refractivity contribution in [2.24, 2.45) is 5.92 Å². The number of carbonyl (C=O) groups is 2. The smallest absolute Gasteiger partial charge is 0.238 e. The molecular weight excluding hydrogens is 416 g/mol. The molecule has 2 N–H and O–H groups in total. The van der Waals surface area contributed by atoms with Gasteiger partial charge in [0.05, 0.1) is 10.9 Å². The van der Waals surface area contributed by atoms with Gasteiger partial charge >= 0.3 is 0 Å². The molecule has 0 unspecified atom stereocenters. The summed E-state index contributed by atoms with van der Waals surface area (Å²) in [5.41, 5.74) is 6.51. The quantitative estimate of drug-likeness (QED) is 0.607. The summed E-state index contributed by atoms with van der Waals surface area (Å²) in [6, 6.07) is 25.2. The highest BCUT2D eigenvalue weighted by Crippen LogP contribution is 2.55. The number of nitrogens with one attached hydrogen (secondary N) is 2. The van der Waals surface area contributed by atoms with Crippen molar-refractivity contribution in [1.29, 1.82) is 0 Å². The SMILES string of the molecule is O=C(C[C@@H]1Sc2ccccc2NC1=O)NC[C@@H]1CC2c3ccccc3C1c1ccccc12. The molecule has 2 amide bonds. The Kier molecular flexibility index (Phi) is 4.80. The molecular formula is C27H24N2O2S. The average molecular weight is 441 g/mol. The number of anilines is 1. The van der Waals surface area contributed by atoms with Crippen LogP contribution in [-0.4, -0.2) is 23.6 Å². The Labute approximate surface area is 191 Å². The molecule has 3 aromatic carbocycles. The van der Waals surface area contributed by atoms with Crippen molar-refractivity contribution in [3.63, 3.8) is 0 Å². The molecule has 2 atom stereocenters. The van der Waals surface area contributed by atoms with Crippen LogP contribution in [0, 0.1) is 5.92 Å². The lowest BCUT2D eigenvalue weighted by Gasteiger charge is -2.45. The van der Waals surface area contributed by atoms with Gasteiger partial charge in [-0.3, -0.25) is 9.59 Å². The molecule has 160 valence electrons. The molecule has 7 rings (SSSR count). The van der Waals surface area contributed by atoms with Crippen LogP contribution in [0.1, 0.15) is 46.9 Å². The predicted octanol–water partition coefficient (Wildman–Crippen LogP) is 4.90. The van der Waals surface area contributed by atoms with Crippen LogP contribution in [0.25, 0.3) is 0 Å². The molecule has 32 heavy (non-hydrogen) atoms.